The Bertz CT molecular complexity index is 655. The number of alkyl halides is 1. The van der Waals surface area contributed by atoms with Crippen LogP contribution in [0.2, 0.25) is 15.1 Å². The molecule has 0 N–H and O–H groups in total. The second kappa shape index (κ2) is 7.11. The first-order valence-electron chi connectivity index (χ1n) is 6.46. The highest BCUT2D eigenvalue weighted by Crippen LogP contribution is 2.41. The zero-order chi connectivity index (χ0) is 15.6. The highest BCUT2D eigenvalue weighted by atomic mass is 35.5. The maximum atomic E-state index is 6.55. The van der Waals surface area contributed by atoms with Crippen LogP contribution in [0.5, 0.6) is 5.75 Å². The molecule has 0 heterocycles. The number of hydrogen-bond donors (Lipinski definition) is 0. The Morgan fingerprint density at radius 1 is 1.05 bits per heavy atom. The molecule has 0 aliphatic carbocycles. The van der Waals surface area contributed by atoms with Gasteiger partial charge in [-0.1, -0.05) is 53.0 Å². The van der Waals surface area contributed by atoms with E-state index in [0.29, 0.717) is 33.0 Å². The van der Waals surface area contributed by atoms with Crippen molar-refractivity contribution >= 4 is 46.4 Å². The molecule has 21 heavy (non-hydrogen) atoms. The molecule has 1 atom stereocenters. The van der Waals surface area contributed by atoms with E-state index in [1.54, 1.807) is 12.1 Å². The highest BCUT2D eigenvalue weighted by molar-refractivity contribution is 6.37. The van der Waals surface area contributed by atoms with E-state index in [2.05, 4.69) is 0 Å². The summed E-state index contributed by atoms with van der Waals surface area (Å²) in [4.78, 5) is 0. The van der Waals surface area contributed by atoms with E-state index in [4.69, 9.17) is 51.1 Å². The van der Waals surface area contributed by atoms with Crippen LogP contribution in [0.25, 0.3) is 0 Å². The maximum Gasteiger partial charge on any atom is 0.139 e. The summed E-state index contributed by atoms with van der Waals surface area (Å²) >= 11 is 25.4. The molecule has 1 unspecified atom stereocenters. The van der Waals surface area contributed by atoms with Crippen molar-refractivity contribution < 1.29 is 4.74 Å². The quantitative estimate of drug-likeness (QED) is 0.550. The average Bonchev–Trinajstić information content (AvgIpc) is 2.45. The number of benzene rings is 2. The van der Waals surface area contributed by atoms with Gasteiger partial charge >= 0.3 is 0 Å². The molecule has 0 radical (unpaired) electrons. The number of rotatable bonds is 4. The second-order valence-electron chi connectivity index (χ2n) is 4.58. The van der Waals surface area contributed by atoms with E-state index in [0.717, 1.165) is 11.1 Å². The molecule has 0 aromatic heterocycles. The maximum absolute atomic E-state index is 6.55. The summed E-state index contributed by atoms with van der Waals surface area (Å²) in [5.74, 6) is 0.548. The van der Waals surface area contributed by atoms with Crippen molar-refractivity contribution in [3.05, 3.63) is 62.1 Å². The van der Waals surface area contributed by atoms with Crippen molar-refractivity contribution in [2.24, 2.45) is 0 Å². The smallest absolute Gasteiger partial charge is 0.139 e. The molecule has 2 rings (SSSR count). The SMILES string of the molecule is CCOc1cc(Cl)c(C(Cl)c2cccc(C)c2Cl)cc1Cl. The minimum atomic E-state index is -0.474. The van der Waals surface area contributed by atoms with Gasteiger partial charge in [-0.25, -0.2) is 0 Å². The van der Waals surface area contributed by atoms with Crippen LogP contribution < -0.4 is 4.74 Å². The molecule has 112 valence electrons. The molecule has 2 aromatic rings. The first-order chi connectivity index (χ1) is 9.95. The Labute approximate surface area is 144 Å². The van der Waals surface area contributed by atoms with Gasteiger partial charge in [0.15, 0.2) is 0 Å². The minimum Gasteiger partial charge on any atom is -0.492 e. The predicted octanol–water partition coefficient (Wildman–Crippen LogP) is 6.68. The van der Waals surface area contributed by atoms with E-state index in [1.165, 1.54) is 0 Å². The van der Waals surface area contributed by atoms with Crippen LogP contribution in [0.15, 0.2) is 30.3 Å². The molecule has 0 saturated carbocycles. The molecule has 0 saturated heterocycles. The van der Waals surface area contributed by atoms with Gasteiger partial charge in [0.1, 0.15) is 5.75 Å². The van der Waals surface area contributed by atoms with Gasteiger partial charge < -0.3 is 4.74 Å². The zero-order valence-corrected chi connectivity index (χ0v) is 14.6. The molecule has 0 fully saturated rings. The van der Waals surface area contributed by atoms with Gasteiger partial charge in [-0.15, -0.1) is 11.6 Å². The van der Waals surface area contributed by atoms with Crippen LogP contribution in [0.1, 0.15) is 29.0 Å². The molecule has 1 nitrogen and oxygen atoms in total. The lowest BCUT2D eigenvalue weighted by molar-refractivity contribution is 0.340. The fourth-order valence-electron chi connectivity index (χ4n) is 2.04. The summed E-state index contributed by atoms with van der Waals surface area (Å²) in [6.07, 6.45) is 0. The van der Waals surface area contributed by atoms with Crippen LogP contribution in [0.4, 0.5) is 0 Å². The molecule has 0 spiro atoms. The summed E-state index contributed by atoms with van der Waals surface area (Å²) in [5.41, 5.74) is 2.48. The van der Waals surface area contributed by atoms with E-state index in [9.17, 15) is 0 Å². The van der Waals surface area contributed by atoms with Gasteiger partial charge in [-0.3, -0.25) is 0 Å². The zero-order valence-electron chi connectivity index (χ0n) is 11.6. The van der Waals surface area contributed by atoms with Crippen LogP contribution in [0.3, 0.4) is 0 Å². The lowest BCUT2D eigenvalue weighted by atomic mass is 10.0. The molecule has 0 amide bonds. The minimum absolute atomic E-state index is 0.474. The fraction of sp³-hybridized carbons (Fsp3) is 0.250. The summed E-state index contributed by atoms with van der Waals surface area (Å²) in [5, 5.41) is 1.14. The third-order valence-corrected chi connectivity index (χ3v) is 4.73. The first kappa shape index (κ1) is 16.8. The molecular weight excluding hydrogens is 350 g/mol. The van der Waals surface area contributed by atoms with Gasteiger partial charge in [0.2, 0.25) is 0 Å². The van der Waals surface area contributed by atoms with Gasteiger partial charge in [0.25, 0.3) is 0 Å². The molecule has 0 aliphatic heterocycles. The Hall–Kier alpha value is -0.600. The van der Waals surface area contributed by atoms with Crippen molar-refractivity contribution in [2.75, 3.05) is 6.61 Å². The average molecular weight is 364 g/mol. The van der Waals surface area contributed by atoms with Crippen molar-refractivity contribution in [1.29, 1.82) is 0 Å². The predicted molar refractivity (Wildman–Crippen MR) is 91.5 cm³/mol. The highest BCUT2D eigenvalue weighted by Gasteiger charge is 2.20. The number of halogens is 4. The Morgan fingerprint density at radius 3 is 2.43 bits per heavy atom. The van der Waals surface area contributed by atoms with Crippen molar-refractivity contribution in [3.8, 4) is 5.75 Å². The van der Waals surface area contributed by atoms with E-state index < -0.39 is 5.38 Å². The van der Waals surface area contributed by atoms with E-state index in [-0.39, 0.29) is 0 Å². The normalized spacial score (nSPS) is 12.3. The van der Waals surface area contributed by atoms with Crippen molar-refractivity contribution in [2.45, 2.75) is 19.2 Å². The molecule has 0 aliphatic rings. The lowest BCUT2D eigenvalue weighted by Gasteiger charge is -2.17. The van der Waals surface area contributed by atoms with Crippen LogP contribution >= 0.6 is 46.4 Å². The first-order valence-corrected chi connectivity index (χ1v) is 8.03. The molecule has 0 bridgehead atoms. The summed E-state index contributed by atoms with van der Waals surface area (Å²) < 4.78 is 5.42. The van der Waals surface area contributed by atoms with E-state index in [1.807, 2.05) is 32.0 Å². The van der Waals surface area contributed by atoms with Gasteiger partial charge in [0, 0.05) is 16.1 Å². The summed E-state index contributed by atoms with van der Waals surface area (Å²) in [6.45, 7) is 4.33. The Balaban J connectivity index is 2.46. The van der Waals surface area contributed by atoms with Crippen LogP contribution in [0, 0.1) is 6.92 Å². The fourth-order valence-corrected chi connectivity index (χ4v) is 3.24. The lowest BCUT2D eigenvalue weighted by Crippen LogP contribution is -1.99. The van der Waals surface area contributed by atoms with Crippen LogP contribution in [-0.2, 0) is 0 Å². The number of hydrogen-bond acceptors (Lipinski definition) is 1. The van der Waals surface area contributed by atoms with E-state index >= 15 is 0 Å². The van der Waals surface area contributed by atoms with Crippen molar-refractivity contribution in [1.82, 2.24) is 0 Å². The van der Waals surface area contributed by atoms with Gasteiger partial charge in [0.05, 0.1) is 17.0 Å². The molecule has 5 heteroatoms. The van der Waals surface area contributed by atoms with Crippen molar-refractivity contribution in [3.63, 3.8) is 0 Å². The summed E-state index contributed by atoms with van der Waals surface area (Å²) in [7, 11) is 0. The third-order valence-electron chi connectivity index (χ3n) is 3.12. The Morgan fingerprint density at radius 2 is 1.76 bits per heavy atom. The third kappa shape index (κ3) is 3.60. The monoisotopic (exact) mass is 362 g/mol. The van der Waals surface area contributed by atoms with Crippen LogP contribution in [-0.4, -0.2) is 6.61 Å². The second-order valence-corrected chi connectivity index (χ2v) is 6.21. The van der Waals surface area contributed by atoms with Gasteiger partial charge in [-0.2, -0.15) is 0 Å². The Kier molecular flexibility index (Phi) is 5.67. The molecule has 2 aromatic carbocycles. The molecular formula is C16H14Cl4O. The number of ether oxygens (including phenoxy) is 1. The van der Waals surface area contributed by atoms with Gasteiger partial charge in [-0.05, 0) is 36.6 Å². The topological polar surface area (TPSA) is 9.23 Å². The standard InChI is InChI=1S/C16H14Cl4O/c1-3-21-14-8-12(17)11(7-13(14)18)16(20)10-6-4-5-9(2)15(10)19/h4-8,16H,3H2,1-2H3. The summed E-state index contributed by atoms with van der Waals surface area (Å²) in [6, 6.07) is 9.14. The largest absolute Gasteiger partial charge is 0.492 e. The number of aryl methyl sites for hydroxylation is 1.